The van der Waals surface area contributed by atoms with Crippen LogP contribution in [0.2, 0.25) is 0 Å². The SMILES string of the molecule is CNCC(=O)N(c1ccccc1C)[C@H](Cc1ccccc1)C(=O)N[C@H](CC(C)C)C(=O)N[C@H](CCCN)C(=O)N1CCNC(C(=O)O)C1. The molecule has 3 rings (SSSR count). The second-order valence-electron chi connectivity index (χ2n) is 12.6. The van der Waals surface area contributed by atoms with Crippen molar-refractivity contribution >= 4 is 35.3 Å². The first-order chi connectivity index (χ1) is 23.0. The monoisotopic (exact) mass is 665 g/mol. The van der Waals surface area contributed by atoms with Crippen molar-refractivity contribution in [3.8, 4) is 0 Å². The van der Waals surface area contributed by atoms with Crippen LogP contribution in [-0.4, -0.2) is 104 Å². The smallest absolute Gasteiger partial charge is 0.322 e. The molecule has 2 aromatic rings. The fourth-order valence-corrected chi connectivity index (χ4v) is 5.84. The molecule has 0 saturated carbocycles. The lowest BCUT2D eigenvalue weighted by Gasteiger charge is -2.35. The summed E-state index contributed by atoms with van der Waals surface area (Å²) < 4.78 is 0. The quantitative estimate of drug-likeness (QED) is 0.142. The highest BCUT2D eigenvalue weighted by Gasteiger charge is 2.36. The number of para-hydroxylation sites is 1. The van der Waals surface area contributed by atoms with Gasteiger partial charge in [0, 0.05) is 31.7 Å². The molecular weight excluding hydrogens is 614 g/mol. The summed E-state index contributed by atoms with van der Waals surface area (Å²) in [7, 11) is 1.66. The Labute approximate surface area is 283 Å². The van der Waals surface area contributed by atoms with E-state index in [-0.39, 0.29) is 44.2 Å². The minimum absolute atomic E-state index is 0.00490. The lowest BCUT2D eigenvalue weighted by molar-refractivity contribution is -0.144. The molecule has 2 aromatic carbocycles. The third kappa shape index (κ3) is 10.9. The van der Waals surface area contributed by atoms with Crippen LogP contribution in [0.15, 0.2) is 54.6 Å². The number of benzene rings is 2. The maximum absolute atomic E-state index is 14.4. The summed E-state index contributed by atoms with van der Waals surface area (Å²) in [6, 6.07) is 12.8. The second kappa shape index (κ2) is 18.9. The molecule has 1 unspecified atom stereocenters. The van der Waals surface area contributed by atoms with Crippen molar-refractivity contribution in [3.63, 3.8) is 0 Å². The van der Waals surface area contributed by atoms with Crippen LogP contribution in [0.1, 0.15) is 44.2 Å². The average Bonchev–Trinajstić information content (AvgIpc) is 3.06. The number of aryl methyl sites for hydroxylation is 1. The number of hydrogen-bond acceptors (Lipinski definition) is 8. The van der Waals surface area contributed by atoms with Gasteiger partial charge in [-0.2, -0.15) is 0 Å². The van der Waals surface area contributed by atoms with E-state index in [0.717, 1.165) is 11.1 Å². The zero-order chi connectivity index (χ0) is 35.2. The Bertz CT molecular complexity index is 1390. The molecule has 0 radical (unpaired) electrons. The molecule has 1 heterocycles. The van der Waals surface area contributed by atoms with Crippen LogP contribution < -0.4 is 31.9 Å². The summed E-state index contributed by atoms with van der Waals surface area (Å²) in [6.07, 6.45) is 1.17. The van der Waals surface area contributed by atoms with Crippen molar-refractivity contribution in [1.29, 1.82) is 0 Å². The highest BCUT2D eigenvalue weighted by Crippen LogP contribution is 2.24. The first-order valence-corrected chi connectivity index (χ1v) is 16.6. The first-order valence-electron chi connectivity index (χ1n) is 16.6. The predicted octanol–water partition coefficient (Wildman–Crippen LogP) is 0.798. The summed E-state index contributed by atoms with van der Waals surface area (Å²) >= 11 is 0. The maximum Gasteiger partial charge on any atom is 0.322 e. The van der Waals surface area contributed by atoms with Crippen molar-refractivity contribution in [2.45, 2.75) is 70.6 Å². The van der Waals surface area contributed by atoms with Crippen molar-refractivity contribution in [3.05, 3.63) is 65.7 Å². The molecule has 0 spiro atoms. The minimum atomic E-state index is -1.06. The average molecular weight is 666 g/mol. The fraction of sp³-hybridized carbons (Fsp3) is 0.514. The number of hydrogen-bond donors (Lipinski definition) is 6. The van der Waals surface area contributed by atoms with E-state index in [1.165, 1.54) is 9.80 Å². The Morgan fingerprint density at radius 3 is 2.29 bits per heavy atom. The Hall–Kier alpha value is -4.33. The van der Waals surface area contributed by atoms with Gasteiger partial charge < -0.3 is 37.0 Å². The third-order valence-corrected chi connectivity index (χ3v) is 8.29. The highest BCUT2D eigenvalue weighted by molar-refractivity contribution is 6.03. The number of carboxylic acid groups (broad SMARTS) is 1. The van der Waals surface area contributed by atoms with Crippen molar-refractivity contribution in [1.82, 2.24) is 26.2 Å². The van der Waals surface area contributed by atoms with E-state index in [1.807, 2.05) is 69.3 Å². The summed E-state index contributed by atoms with van der Waals surface area (Å²) in [6.45, 7) is 6.56. The third-order valence-electron chi connectivity index (χ3n) is 8.29. The summed E-state index contributed by atoms with van der Waals surface area (Å²) in [5, 5.41) is 21.0. The van der Waals surface area contributed by atoms with Crippen LogP contribution in [0.5, 0.6) is 0 Å². The zero-order valence-corrected chi connectivity index (χ0v) is 28.4. The normalized spacial score (nSPS) is 16.5. The van der Waals surface area contributed by atoms with E-state index in [4.69, 9.17) is 5.73 Å². The number of nitrogens with zero attached hydrogens (tertiary/aromatic N) is 2. The summed E-state index contributed by atoms with van der Waals surface area (Å²) in [4.78, 5) is 70.1. The molecule has 1 saturated heterocycles. The molecule has 13 heteroatoms. The molecule has 1 aliphatic rings. The summed E-state index contributed by atoms with van der Waals surface area (Å²) in [5.74, 6) is -2.83. The standard InChI is InChI=1S/C35H51N7O6/c1-23(2)19-27(32(44)39-26(14-10-16-36)34(46)41-18-17-38-28(22-41)35(47)48)40-33(45)30(20-25-12-6-5-7-13-25)42(31(43)21-37-4)29-15-9-8-11-24(29)3/h5-9,11-13,15,23,26-28,30,37-38H,10,14,16-22,36H2,1-4H3,(H,39,44)(H,40,45)(H,47,48)/t26-,27-,28?,30-/m1/s1. The largest absolute Gasteiger partial charge is 0.480 e. The van der Waals surface area contributed by atoms with Crippen LogP contribution in [0.4, 0.5) is 5.69 Å². The van der Waals surface area contributed by atoms with Gasteiger partial charge in [0.15, 0.2) is 0 Å². The Kier molecular flexibility index (Phi) is 15.0. The zero-order valence-electron chi connectivity index (χ0n) is 28.4. The van der Waals surface area contributed by atoms with Gasteiger partial charge >= 0.3 is 5.97 Å². The number of carbonyl (C=O) groups excluding carboxylic acids is 4. The van der Waals surface area contributed by atoms with Gasteiger partial charge in [0.25, 0.3) is 0 Å². The van der Waals surface area contributed by atoms with Crippen LogP contribution in [0.25, 0.3) is 0 Å². The van der Waals surface area contributed by atoms with Gasteiger partial charge in [-0.15, -0.1) is 0 Å². The molecule has 1 aliphatic heterocycles. The van der Waals surface area contributed by atoms with E-state index in [9.17, 15) is 29.1 Å². The second-order valence-corrected chi connectivity index (χ2v) is 12.6. The molecule has 48 heavy (non-hydrogen) atoms. The van der Waals surface area contributed by atoms with Gasteiger partial charge in [0.1, 0.15) is 24.2 Å². The van der Waals surface area contributed by atoms with Crippen LogP contribution in [-0.2, 0) is 30.4 Å². The van der Waals surface area contributed by atoms with Crippen molar-refractivity contribution < 1.29 is 29.1 Å². The van der Waals surface area contributed by atoms with Crippen molar-refractivity contribution in [2.75, 3.05) is 44.7 Å². The van der Waals surface area contributed by atoms with Gasteiger partial charge in [0.2, 0.25) is 23.6 Å². The molecule has 0 bridgehead atoms. The van der Waals surface area contributed by atoms with Crippen molar-refractivity contribution in [2.24, 2.45) is 11.7 Å². The fourth-order valence-electron chi connectivity index (χ4n) is 5.84. The van der Waals surface area contributed by atoms with Gasteiger partial charge in [-0.3, -0.25) is 28.9 Å². The van der Waals surface area contributed by atoms with Crippen LogP contribution in [0.3, 0.4) is 0 Å². The van der Waals surface area contributed by atoms with Gasteiger partial charge in [-0.1, -0.05) is 62.4 Å². The molecule has 1 fully saturated rings. The number of likely N-dealkylation sites (N-methyl/N-ethyl adjacent to an activating group) is 1. The summed E-state index contributed by atoms with van der Waals surface area (Å²) in [5.41, 5.74) is 7.98. The molecule has 13 nitrogen and oxygen atoms in total. The van der Waals surface area contributed by atoms with E-state index in [0.29, 0.717) is 31.7 Å². The van der Waals surface area contributed by atoms with E-state index < -0.39 is 47.9 Å². The predicted molar refractivity (Wildman–Crippen MR) is 184 cm³/mol. The number of aliphatic carboxylic acids is 1. The molecule has 262 valence electrons. The number of anilines is 1. The first kappa shape index (κ1) is 38.1. The molecule has 7 N–H and O–H groups in total. The highest BCUT2D eigenvalue weighted by atomic mass is 16.4. The Balaban J connectivity index is 1.94. The Morgan fingerprint density at radius 2 is 1.67 bits per heavy atom. The molecule has 0 aromatic heterocycles. The molecule has 4 atom stereocenters. The number of carboxylic acids is 1. The van der Waals surface area contributed by atoms with Gasteiger partial charge in [-0.25, -0.2) is 0 Å². The molecular formula is C35H51N7O6. The van der Waals surface area contributed by atoms with Crippen LogP contribution >= 0.6 is 0 Å². The molecule has 4 amide bonds. The number of nitrogens with one attached hydrogen (secondary N) is 4. The molecule has 0 aliphatic carbocycles. The van der Waals surface area contributed by atoms with Gasteiger partial charge in [-0.05, 0) is 62.9 Å². The van der Waals surface area contributed by atoms with E-state index in [2.05, 4.69) is 21.3 Å². The lowest BCUT2D eigenvalue weighted by Crippen LogP contribution is -2.61. The van der Waals surface area contributed by atoms with E-state index in [1.54, 1.807) is 13.1 Å². The number of carbonyl (C=O) groups is 5. The topological polar surface area (TPSA) is 186 Å². The van der Waals surface area contributed by atoms with Gasteiger partial charge in [0.05, 0.1) is 6.54 Å². The number of rotatable bonds is 17. The lowest BCUT2D eigenvalue weighted by atomic mass is 9.98. The van der Waals surface area contributed by atoms with E-state index >= 15 is 0 Å². The number of amides is 4. The number of nitrogens with two attached hydrogens (primary N) is 1. The maximum atomic E-state index is 14.4. The number of piperazine rings is 1. The minimum Gasteiger partial charge on any atom is -0.480 e. The van der Waals surface area contributed by atoms with Crippen LogP contribution in [0, 0.1) is 12.8 Å². The Morgan fingerprint density at radius 1 is 1.00 bits per heavy atom.